The fourth-order valence-corrected chi connectivity index (χ4v) is 2.76. The highest BCUT2D eigenvalue weighted by Crippen LogP contribution is 2.35. The first-order chi connectivity index (χ1) is 11.3. The van der Waals surface area contributed by atoms with Gasteiger partial charge in [-0.1, -0.05) is 38.1 Å². The molecule has 0 bridgehead atoms. The Bertz CT molecular complexity index is 716. The van der Waals surface area contributed by atoms with E-state index < -0.39 is 0 Å². The molecule has 0 fully saturated rings. The highest BCUT2D eigenvalue weighted by atomic mass is 15.2. The molecule has 0 amide bonds. The molecule has 0 saturated carbocycles. The topological polar surface area (TPSA) is 28.5 Å². The van der Waals surface area contributed by atoms with Crippen molar-refractivity contribution in [3.63, 3.8) is 0 Å². The number of fused-ring (bicyclic) bond motifs is 1. The van der Waals surface area contributed by atoms with Crippen LogP contribution in [-0.4, -0.2) is 17.7 Å². The van der Waals surface area contributed by atoms with Gasteiger partial charge in [0.25, 0.3) is 0 Å². The van der Waals surface area contributed by atoms with Crippen LogP contribution in [0.25, 0.3) is 0 Å². The summed E-state index contributed by atoms with van der Waals surface area (Å²) >= 11 is 0. The summed E-state index contributed by atoms with van der Waals surface area (Å²) in [5.74, 6) is 0.540. The predicted octanol–water partition coefficient (Wildman–Crippen LogP) is 4.56. The standard InChI is InChI=1S/C15H16N2.C5H5N/c1-11(2)12-5-3-4-6-14(12)17-10-8-13-15(17)7-9-16-13;1-2-4-6-5-3-1/h3-9,11H,10H2,1-2H3;1-5H. The maximum absolute atomic E-state index is 4.35. The first kappa shape index (κ1) is 15.2. The van der Waals surface area contributed by atoms with Crippen LogP contribution in [0.3, 0.4) is 0 Å². The number of anilines is 1. The number of benzene rings is 1. The summed E-state index contributed by atoms with van der Waals surface area (Å²) in [6.07, 6.45) is 9.66. The lowest BCUT2D eigenvalue weighted by Crippen LogP contribution is -2.19. The van der Waals surface area contributed by atoms with E-state index in [2.05, 4.69) is 65.1 Å². The Balaban J connectivity index is 0.000000220. The van der Waals surface area contributed by atoms with Crippen molar-refractivity contribution in [2.75, 3.05) is 11.4 Å². The summed E-state index contributed by atoms with van der Waals surface area (Å²) in [5, 5.41) is 0. The smallest absolute Gasteiger partial charge is 0.0845 e. The van der Waals surface area contributed by atoms with Crippen LogP contribution in [0.4, 0.5) is 5.69 Å². The SMILES string of the molecule is CC(C)c1ccccc1N1CC=C2N=CC=C21.c1ccncc1. The van der Waals surface area contributed by atoms with Gasteiger partial charge < -0.3 is 4.90 Å². The van der Waals surface area contributed by atoms with E-state index >= 15 is 0 Å². The molecule has 2 aromatic rings. The molecule has 4 rings (SSSR count). The number of aromatic nitrogens is 1. The van der Waals surface area contributed by atoms with Crippen LogP contribution in [0.5, 0.6) is 0 Å². The highest BCUT2D eigenvalue weighted by molar-refractivity contribution is 5.84. The molecule has 0 aliphatic carbocycles. The number of hydrogen-bond acceptors (Lipinski definition) is 3. The van der Waals surface area contributed by atoms with Crippen molar-refractivity contribution < 1.29 is 0 Å². The summed E-state index contributed by atoms with van der Waals surface area (Å²) in [5.41, 5.74) is 5.06. The highest BCUT2D eigenvalue weighted by Gasteiger charge is 2.24. The van der Waals surface area contributed by atoms with Crippen molar-refractivity contribution in [3.8, 4) is 0 Å². The van der Waals surface area contributed by atoms with Crippen molar-refractivity contribution in [2.45, 2.75) is 19.8 Å². The van der Waals surface area contributed by atoms with Crippen molar-refractivity contribution in [1.82, 2.24) is 4.98 Å². The van der Waals surface area contributed by atoms with Gasteiger partial charge in [0.15, 0.2) is 0 Å². The summed E-state index contributed by atoms with van der Waals surface area (Å²) in [6.45, 7) is 5.41. The van der Waals surface area contributed by atoms with E-state index in [1.54, 1.807) is 12.4 Å². The molecule has 1 aromatic heterocycles. The Morgan fingerprint density at radius 1 is 1.00 bits per heavy atom. The number of para-hydroxylation sites is 1. The number of rotatable bonds is 2. The van der Waals surface area contributed by atoms with Crippen LogP contribution in [0, 0.1) is 0 Å². The van der Waals surface area contributed by atoms with Crippen LogP contribution in [0.15, 0.2) is 83.4 Å². The van der Waals surface area contributed by atoms with E-state index in [4.69, 9.17) is 0 Å². The quantitative estimate of drug-likeness (QED) is 0.813. The van der Waals surface area contributed by atoms with E-state index in [1.807, 2.05) is 24.4 Å². The predicted molar refractivity (Wildman–Crippen MR) is 96.8 cm³/mol. The third-order valence-corrected chi connectivity index (χ3v) is 3.88. The number of allylic oxidation sites excluding steroid dienone is 1. The Kier molecular flexibility index (Phi) is 4.67. The maximum Gasteiger partial charge on any atom is 0.0845 e. The van der Waals surface area contributed by atoms with Gasteiger partial charge in [-0.25, -0.2) is 0 Å². The van der Waals surface area contributed by atoms with Gasteiger partial charge >= 0.3 is 0 Å². The number of aliphatic imine (C=N–C) groups is 1. The van der Waals surface area contributed by atoms with E-state index in [1.165, 1.54) is 16.9 Å². The zero-order valence-corrected chi connectivity index (χ0v) is 13.6. The minimum Gasteiger partial charge on any atom is -0.335 e. The molecule has 0 spiro atoms. The Morgan fingerprint density at radius 3 is 2.43 bits per heavy atom. The number of hydrogen-bond donors (Lipinski definition) is 0. The van der Waals surface area contributed by atoms with Crippen LogP contribution < -0.4 is 4.90 Å². The molecule has 0 radical (unpaired) electrons. The third kappa shape index (κ3) is 3.39. The van der Waals surface area contributed by atoms with Gasteiger partial charge in [0, 0.05) is 30.8 Å². The van der Waals surface area contributed by atoms with Crippen molar-refractivity contribution in [3.05, 3.63) is 84.0 Å². The molecular formula is C20H21N3. The second kappa shape index (κ2) is 7.05. The summed E-state index contributed by atoms with van der Waals surface area (Å²) in [7, 11) is 0. The van der Waals surface area contributed by atoms with Gasteiger partial charge in [-0.15, -0.1) is 0 Å². The Labute approximate surface area is 137 Å². The zero-order chi connectivity index (χ0) is 16.1. The summed E-state index contributed by atoms with van der Waals surface area (Å²) in [4.78, 5) is 10.5. The molecule has 0 unspecified atom stereocenters. The van der Waals surface area contributed by atoms with Gasteiger partial charge in [0.2, 0.25) is 0 Å². The first-order valence-corrected chi connectivity index (χ1v) is 7.93. The van der Waals surface area contributed by atoms with Gasteiger partial charge in [0.05, 0.1) is 11.4 Å². The normalized spacial score (nSPS) is 15.0. The maximum atomic E-state index is 4.35. The minimum atomic E-state index is 0.540. The second-order valence-corrected chi connectivity index (χ2v) is 5.77. The molecular weight excluding hydrogens is 282 g/mol. The fraction of sp³-hybridized carbons (Fsp3) is 0.200. The van der Waals surface area contributed by atoms with E-state index in [0.29, 0.717) is 5.92 Å². The van der Waals surface area contributed by atoms with Crippen LogP contribution in [0.1, 0.15) is 25.3 Å². The van der Waals surface area contributed by atoms with Crippen molar-refractivity contribution in [2.24, 2.45) is 4.99 Å². The first-order valence-electron chi connectivity index (χ1n) is 7.93. The van der Waals surface area contributed by atoms with Gasteiger partial charge in [-0.3, -0.25) is 9.98 Å². The number of pyridine rings is 1. The Morgan fingerprint density at radius 2 is 1.78 bits per heavy atom. The van der Waals surface area contributed by atoms with Gasteiger partial charge in [-0.2, -0.15) is 0 Å². The van der Waals surface area contributed by atoms with E-state index in [0.717, 1.165) is 12.2 Å². The van der Waals surface area contributed by atoms with Gasteiger partial charge in [-0.05, 0) is 41.8 Å². The fourth-order valence-electron chi connectivity index (χ4n) is 2.76. The lowest BCUT2D eigenvalue weighted by molar-refractivity contribution is 0.857. The molecule has 0 saturated heterocycles. The molecule has 116 valence electrons. The molecule has 3 heteroatoms. The summed E-state index contributed by atoms with van der Waals surface area (Å²) < 4.78 is 0. The zero-order valence-electron chi connectivity index (χ0n) is 13.6. The average molecular weight is 303 g/mol. The van der Waals surface area contributed by atoms with E-state index in [9.17, 15) is 0 Å². The number of nitrogens with zero attached hydrogens (tertiary/aromatic N) is 3. The van der Waals surface area contributed by atoms with Crippen molar-refractivity contribution in [1.29, 1.82) is 0 Å². The molecule has 3 heterocycles. The van der Waals surface area contributed by atoms with Gasteiger partial charge in [0.1, 0.15) is 0 Å². The molecule has 2 aliphatic rings. The lowest BCUT2D eigenvalue weighted by Gasteiger charge is -2.24. The monoisotopic (exact) mass is 303 g/mol. The van der Waals surface area contributed by atoms with E-state index in [-0.39, 0.29) is 0 Å². The largest absolute Gasteiger partial charge is 0.335 e. The third-order valence-electron chi connectivity index (χ3n) is 3.88. The van der Waals surface area contributed by atoms with Crippen LogP contribution >= 0.6 is 0 Å². The molecule has 0 atom stereocenters. The van der Waals surface area contributed by atoms with Crippen LogP contribution in [0.2, 0.25) is 0 Å². The summed E-state index contributed by atoms with van der Waals surface area (Å²) in [6, 6.07) is 14.4. The van der Waals surface area contributed by atoms with Crippen LogP contribution in [-0.2, 0) is 0 Å². The molecule has 23 heavy (non-hydrogen) atoms. The molecule has 0 N–H and O–H groups in total. The van der Waals surface area contributed by atoms with Crippen molar-refractivity contribution >= 4 is 11.9 Å². The second-order valence-electron chi connectivity index (χ2n) is 5.77. The molecule has 1 aromatic carbocycles. The molecule has 2 aliphatic heterocycles. The minimum absolute atomic E-state index is 0.540. The lowest BCUT2D eigenvalue weighted by atomic mass is 10.0. The average Bonchev–Trinajstić information content (AvgIpc) is 3.20. The molecule has 3 nitrogen and oxygen atoms in total. The Hall–Kier alpha value is -2.68.